The van der Waals surface area contributed by atoms with E-state index in [4.69, 9.17) is 0 Å². The quantitative estimate of drug-likeness (QED) is 0.523. The van der Waals surface area contributed by atoms with Gasteiger partial charge in [-0.3, -0.25) is 0 Å². The Kier molecular flexibility index (Phi) is 6.24. The van der Waals surface area contributed by atoms with Crippen LogP contribution in [0, 0.1) is 3.57 Å². The Morgan fingerprint density at radius 2 is 1.57 bits per heavy atom. The molecule has 1 aromatic carbocycles. The molecule has 0 unspecified atom stereocenters. The van der Waals surface area contributed by atoms with Gasteiger partial charge in [-0.2, -0.15) is 0 Å². The molecule has 14 heavy (non-hydrogen) atoms. The van der Waals surface area contributed by atoms with Gasteiger partial charge < -0.3 is 0 Å². The highest BCUT2D eigenvalue weighted by Crippen LogP contribution is 2.11. The molecule has 0 nitrogen and oxygen atoms in total. The van der Waals surface area contributed by atoms with E-state index in [-0.39, 0.29) is 0 Å². The van der Waals surface area contributed by atoms with E-state index in [1.165, 1.54) is 47.7 Å². The monoisotopic (exact) mass is 302 g/mol. The van der Waals surface area contributed by atoms with Crippen molar-refractivity contribution in [3.05, 3.63) is 33.4 Å². The van der Waals surface area contributed by atoms with Crippen molar-refractivity contribution in [1.82, 2.24) is 0 Å². The fourth-order valence-corrected chi connectivity index (χ4v) is 1.94. The predicted octanol–water partition coefficient (Wildman–Crippen LogP) is 4.80. The number of aryl methyl sites for hydroxylation is 1. The lowest BCUT2D eigenvalue weighted by Gasteiger charge is -2.01. The second-order valence-electron chi connectivity index (χ2n) is 3.79. The van der Waals surface area contributed by atoms with Crippen LogP contribution >= 0.6 is 22.6 Å². The zero-order valence-corrected chi connectivity index (χ0v) is 11.1. The maximum absolute atomic E-state index is 2.35. The Bertz CT molecular complexity index is 238. The van der Waals surface area contributed by atoms with Crippen molar-refractivity contribution in [2.24, 2.45) is 0 Å². The third kappa shape index (κ3) is 4.99. The van der Waals surface area contributed by atoms with Crippen molar-refractivity contribution >= 4 is 22.6 Å². The third-order valence-corrected chi connectivity index (χ3v) is 3.20. The lowest BCUT2D eigenvalue weighted by Crippen LogP contribution is -1.86. The van der Waals surface area contributed by atoms with Crippen molar-refractivity contribution in [2.45, 2.75) is 45.4 Å². The first kappa shape index (κ1) is 12.0. The molecule has 0 fully saturated rings. The van der Waals surface area contributed by atoms with Gasteiger partial charge in [-0.1, -0.05) is 44.7 Å². The minimum Gasteiger partial charge on any atom is -0.0654 e. The van der Waals surface area contributed by atoms with E-state index >= 15 is 0 Å². The Hall–Kier alpha value is -0.0500. The maximum Gasteiger partial charge on any atom is 0.0130 e. The minimum atomic E-state index is 1.25. The average molecular weight is 302 g/mol. The molecule has 0 aliphatic rings. The first-order valence-electron chi connectivity index (χ1n) is 5.57. The smallest absolute Gasteiger partial charge is 0.0130 e. The normalized spacial score (nSPS) is 10.4. The zero-order chi connectivity index (χ0) is 10.2. The molecule has 0 saturated carbocycles. The summed E-state index contributed by atoms with van der Waals surface area (Å²) in [6, 6.07) is 8.90. The fourth-order valence-electron chi connectivity index (χ4n) is 1.58. The summed E-state index contributed by atoms with van der Waals surface area (Å²) in [5.74, 6) is 0. The second kappa shape index (κ2) is 7.27. The van der Waals surface area contributed by atoms with Gasteiger partial charge in [-0.25, -0.2) is 0 Å². The third-order valence-electron chi connectivity index (χ3n) is 2.48. The standard InChI is InChI=1S/C13H19I/c1-2-3-4-5-6-7-12-8-10-13(14)11-9-12/h8-11H,2-7H2,1H3. The summed E-state index contributed by atoms with van der Waals surface area (Å²) in [7, 11) is 0. The molecule has 78 valence electrons. The molecule has 0 aliphatic carbocycles. The van der Waals surface area contributed by atoms with E-state index in [1.807, 2.05) is 0 Å². The number of rotatable bonds is 6. The van der Waals surface area contributed by atoms with Crippen LogP contribution in [0.3, 0.4) is 0 Å². The fraction of sp³-hybridized carbons (Fsp3) is 0.538. The highest BCUT2D eigenvalue weighted by molar-refractivity contribution is 14.1. The van der Waals surface area contributed by atoms with E-state index in [1.54, 1.807) is 0 Å². The largest absolute Gasteiger partial charge is 0.0654 e. The Morgan fingerprint density at radius 1 is 0.929 bits per heavy atom. The van der Waals surface area contributed by atoms with Crippen LogP contribution < -0.4 is 0 Å². The van der Waals surface area contributed by atoms with Gasteiger partial charge in [-0.05, 0) is 53.1 Å². The van der Waals surface area contributed by atoms with Crippen LogP contribution in [0.5, 0.6) is 0 Å². The van der Waals surface area contributed by atoms with Gasteiger partial charge in [0, 0.05) is 3.57 Å². The molecule has 0 spiro atoms. The van der Waals surface area contributed by atoms with Crippen molar-refractivity contribution in [3.63, 3.8) is 0 Å². The molecule has 0 radical (unpaired) electrons. The highest BCUT2D eigenvalue weighted by atomic mass is 127. The number of unbranched alkanes of at least 4 members (excludes halogenated alkanes) is 4. The number of hydrogen-bond acceptors (Lipinski definition) is 0. The molecular weight excluding hydrogens is 283 g/mol. The highest BCUT2D eigenvalue weighted by Gasteiger charge is 1.93. The number of hydrogen-bond donors (Lipinski definition) is 0. The van der Waals surface area contributed by atoms with E-state index < -0.39 is 0 Å². The number of benzene rings is 1. The first-order chi connectivity index (χ1) is 6.83. The summed E-state index contributed by atoms with van der Waals surface area (Å²) < 4.78 is 1.33. The van der Waals surface area contributed by atoms with Gasteiger partial charge in [0.25, 0.3) is 0 Å². The molecule has 0 N–H and O–H groups in total. The van der Waals surface area contributed by atoms with Gasteiger partial charge in [0.05, 0.1) is 0 Å². The van der Waals surface area contributed by atoms with Crippen LogP contribution in [-0.2, 0) is 6.42 Å². The van der Waals surface area contributed by atoms with E-state index in [0.717, 1.165) is 0 Å². The Labute approximate surface area is 101 Å². The number of halogens is 1. The molecule has 0 atom stereocenters. The molecule has 0 aliphatic heterocycles. The molecular formula is C13H19I. The van der Waals surface area contributed by atoms with Crippen LogP contribution in [0.2, 0.25) is 0 Å². The van der Waals surface area contributed by atoms with Crippen molar-refractivity contribution in [1.29, 1.82) is 0 Å². The van der Waals surface area contributed by atoms with Crippen LogP contribution in [0.25, 0.3) is 0 Å². The summed E-state index contributed by atoms with van der Waals surface area (Å²) in [6.07, 6.45) is 8.12. The molecule has 0 bridgehead atoms. The van der Waals surface area contributed by atoms with Gasteiger partial charge in [0.15, 0.2) is 0 Å². The Balaban J connectivity index is 2.15. The van der Waals surface area contributed by atoms with Gasteiger partial charge in [0.1, 0.15) is 0 Å². The van der Waals surface area contributed by atoms with Crippen LogP contribution in [0.1, 0.15) is 44.6 Å². The van der Waals surface area contributed by atoms with E-state index in [2.05, 4.69) is 53.8 Å². The lowest BCUT2D eigenvalue weighted by molar-refractivity contribution is 0.632. The predicted molar refractivity (Wildman–Crippen MR) is 71.6 cm³/mol. The van der Waals surface area contributed by atoms with Crippen LogP contribution in [0.4, 0.5) is 0 Å². The second-order valence-corrected chi connectivity index (χ2v) is 5.04. The summed E-state index contributed by atoms with van der Waals surface area (Å²) in [5.41, 5.74) is 1.49. The molecule has 1 rings (SSSR count). The average Bonchev–Trinajstić information content (AvgIpc) is 2.21. The zero-order valence-electron chi connectivity index (χ0n) is 8.93. The summed E-state index contributed by atoms with van der Waals surface area (Å²) >= 11 is 2.35. The van der Waals surface area contributed by atoms with Gasteiger partial charge in [0.2, 0.25) is 0 Å². The molecule has 1 heteroatoms. The van der Waals surface area contributed by atoms with Gasteiger partial charge >= 0.3 is 0 Å². The minimum absolute atomic E-state index is 1.25. The SMILES string of the molecule is CCCCCCCc1ccc(I)cc1. The van der Waals surface area contributed by atoms with Crippen molar-refractivity contribution in [3.8, 4) is 0 Å². The first-order valence-corrected chi connectivity index (χ1v) is 6.65. The van der Waals surface area contributed by atoms with Gasteiger partial charge in [-0.15, -0.1) is 0 Å². The summed E-state index contributed by atoms with van der Waals surface area (Å²) in [5, 5.41) is 0. The molecule has 0 saturated heterocycles. The van der Waals surface area contributed by atoms with Crippen molar-refractivity contribution in [2.75, 3.05) is 0 Å². The molecule has 0 amide bonds. The topological polar surface area (TPSA) is 0 Å². The van der Waals surface area contributed by atoms with Crippen LogP contribution in [0.15, 0.2) is 24.3 Å². The maximum atomic E-state index is 2.35. The molecule has 0 aromatic heterocycles. The summed E-state index contributed by atoms with van der Waals surface area (Å²) in [4.78, 5) is 0. The molecule has 1 aromatic rings. The summed E-state index contributed by atoms with van der Waals surface area (Å²) in [6.45, 7) is 2.26. The Morgan fingerprint density at radius 3 is 2.21 bits per heavy atom. The van der Waals surface area contributed by atoms with Crippen molar-refractivity contribution < 1.29 is 0 Å². The lowest BCUT2D eigenvalue weighted by atomic mass is 10.1. The molecule has 0 heterocycles. The van der Waals surface area contributed by atoms with E-state index in [9.17, 15) is 0 Å². The van der Waals surface area contributed by atoms with E-state index in [0.29, 0.717) is 0 Å². The van der Waals surface area contributed by atoms with Crippen LogP contribution in [-0.4, -0.2) is 0 Å².